The van der Waals surface area contributed by atoms with Crippen LogP contribution in [0.4, 0.5) is 0 Å². The van der Waals surface area contributed by atoms with Gasteiger partial charge in [0.15, 0.2) is 0 Å². The molecule has 0 aromatic heterocycles. The number of rotatable bonds is 9. The Labute approximate surface area is 223 Å². The van der Waals surface area contributed by atoms with E-state index in [1.807, 2.05) is 91.0 Å². The fourth-order valence-electron chi connectivity index (χ4n) is 4.93. The predicted molar refractivity (Wildman–Crippen MR) is 147 cm³/mol. The van der Waals surface area contributed by atoms with Crippen LogP contribution in [0.5, 0.6) is 0 Å². The number of carboxylic acid groups (broad SMARTS) is 1. The van der Waals surface area contributed by atoms with Crippen molar-refractivity contribution >= 4 is 30.4 Å². The summed E-state index contributed by atoms with van der Waals surface area (Å²) in [5.41, 5.74) is 2.88. The zero-order valence-electron chi connectivity index (χ0n) is 20.6. The zero-order chi connectivity index (χ0) is 26.2. The van der Waals surface area contributed by atoms with Crippen LogP contribution >= 0.6 is 12.6 Å². The molecule has 7 heteroatoms. The van der Waals surface area contributed by atoms with E-state index < -0.39 is 23.3 Å². The molecular formula is C30H32N2O4S. The van der Waals surface area contributed by atoms with Gasteiger partial charge < -0.3 is 15.3 Å². The van der Waals surface area contributed by atoms with Gasteiger partial charge in [0.05, 0.1) is 5.25 Å². The van der Waals surface area contributed by atoms with E-state index in [4.69, 9.17) is 0 Å². The summed E-state index contributed by atoms with van der Waals surface area (Å²) in [6, 6.07) is 26.9. The van der Waals surface area contributed by atoms with Crippen molar-refractivity contribution in [3.63, 3.8) is 0 Å². The molecular weight excluding hydrogens is 484 g/mol. The first kappa shape index (κ1) is 26.5. The number of nitrogens with zero attached hydrogens (tertiary/aromatic N) is 1. The number of hydrogen-bond acceptors (Lipinski definition) is 4. The lowest BCUT2D eigenvalue weighted by atomic mass is 9.90. The SMILES string of the molecule is O=C(NC1CC(c2ccccc2)CCN(C(Cc2ccccc2)C(=O)O)C1=O)C(S)Cc1ccccc1. The number of likely N-dealkylation sites (tertiary alicyclic amines) is 1. The maximum absolute atomic E-state index is 13.8. The van der Waals surface area contributed by atoms with Gasteiger partial charge in [0.1, 0.15) is 12.1 Å². The van der Waals surface area contributed by atoms with Gasteiger partial charge >= 0.3 is 5.97 Å². The number of aliphatic carboxylic acids is 1. The van der Waals surface area contributed by atoms with Crippen molar-refractivity contribution in [3.05, 3.63) is 108 Å². The number of amides is 2. The van der Waals surface area contributed by atoms with Crippen molar-refractivity contribution in [1.82, 2.24) is 10.2 Å². The predicted octanol–water partition coefficient (Wildman–Crippen LogP) is 4.11. The highest BCUT2D eigenvalue weighted by Gasteiger charge is 2.39. The van der Waals surface area contributed by atoms with E-state index in [0.717, 1.165) is 16.7 Å². The summed E-state index contributed by atoms with van der Waals surface area (Å²) in [6.45, 7) is 0.295. The van der Waals surface area contributed by atoms with E-state index in [0.29, 0.717) is 25.8 Å². The number of benzene rings is 3. The standard InChI is InChI=1S/C30H32N2O4S/c33-28(27(37)19-22-12-6-2-7-13-22)31-25-20-24(23-14-8-3-9-15-23)16-17-32(29(25)34)26(30(35)36)18-21-10-4-1-5-11-21/h1-15,24-27,37H,16-20H2,(H,31,33)(H,35,36). The van der Waals surface area contributed by atoms with Crippen molar-refractivity contribution in [2.75, 3.05) is 6.54 Å². The fourth-order valence-corrected chi connectivity index (χ4v) is 5.22. The third kappa shape index (κ3) is 7.01. The number of carboxylic acids is 1. The molecule has 3 aromatic carbocycles. The minimum absolute atomic E-state index is 0.000823. The Bertz CT molecular complexity index is 1190. The largest absolute Gasteiger partial charge is 0.480 e. The molecule has 0 aliphatic carbocycles. The van der Waals surface area contributed by atoms with E-state index in [2.05, 4.69) is 17.9 Å². The van der Waals surface area contributed by atoms with Crippen LogP contribution in [-0.4, -0.2) is 51.7 Å². The van der Waals surface area contributed by atoms with Gasteiger partial charge in [-0.1, -0.05) is 91.0 Å². The molecule has 4 atom stereocenters. The lowest BCUT2D eigenvalue weighted by Gasteiger charge is -2.30. The second-order valence-electron chi connectivity index (χ2n) is 9.47. The van der Waals surface area contributed by atoms with Gasteiger partial charge in [0.25, 0.3) is 0 Å². The van der Waals surface area contributed by atoms with Gasteiger partial charge in [-0.25, -0.2) is 4.79 Å². The van der Waals surface area contributed by atoms with E-state index in [-0.39, 0.29) is 24.2 Å². The molecule has 1 saturated heterocycles. The number of thiol groups is 1. The van der Waals surface area contributed by atoms with Crippen LogP contribution in [0.15, 0.2) is 91.0 Å². The van der Waals surface area contributed by atoms with Crippen molar-refractivity contribution in [3.8, 4) is 0 Å². The molecule has 1 heterocycles. The zero-order valence-corrected chi connectivity index (χ0v) is 21.5. The Balaban J connectivity index is 1.57. The van der Waals surface area contributed by atoms with Crippen LogP contribution in [0.2, 0.25) is 0 Å². The molecule has 1 aliphatic rings. The molecule has 3 aromatic rings. The van der Waals surface area contributed by atoms with Crippen LogP contribution < -0.4 is 5.32 Å². The minimum atomic E-state index is -1.06. The molecule has 192 valence electrons. The molecule has 0 spiro atoms. The quantitative estimate of drug-likeness (QED) is 0.374. The molecule has 4 unspecified atom stereocenters. The highest BCUT2D eigenvalue weighted by atomic mass is 32.1. The average molecular weight is 517 g/mol. The van der Waals surface area contributed by atoms with Gasteiger partial charge in [0.2, 0.25) is 11.8 Å². The monoisotopic (exact) mass is 516 g/mol. The summed E-state index contributed by atoms with van der Waals surface area (Å²) in [5.74, 6) is -1.76. The Morgan fingerprint density at radius 3 is 2.00 bits per heavy atom. The highest BCUT2D eigenvalue weighted by molar-refractivity contribution is 7.81. The molecule has 1 aliphatic heterocycles. The molecule has 0 radical (unpaired) electrons. The van der Waals surface area contributed by atoms with E-state index >= 15 is 0 Å². The average Bonchev–Trinajstić information content (AvgIpc) is 3.07. The Kier molecular flexibility index (Phi) is 9.01. The number of carbonyl (C=O) groups is 3. The number of nitrogens with one attached hydrogen (secondary N) is 1. The molecule has 1 fully saturated rings. The van der Waals surface area contributed by atoms with Gasteiger partial charge in [-0.15, -0.1) is 0 Å². The van der Waals surface area contributed by atoms with E-state index in [1.54, 1.807) is 0 Å². The first-order chi connectivity index (χ1) is 17.9. The highest BCUT2D eigenvalue weighted by Crippen LogP contribution is 2.30. The normalized spacial score (nSPS) is 19.5. The lowest BCUT2D eigenvalue weighted by Crippen LogP contribution is -2.54. The fraction of sp³-hybridized carbons (Fsp3) is 0.300. The van der Waals surface area contributed by atoms with Crippen LogP contribution in [0, 0.1) is 0 Å². The van der Waals surface area contributed by atoms with Crippen molar-refractivity contribution < 1.29 is 19.5 Å². The summed E-state index contributed by atoms with van der Waals surface area (Å²) >= 11 is 4.52. The van der Waals surface area contributed by atoms with Crippen molar-refractivity contribution in [2.45, 2.75) is 48.9 Å². The maximum Gasteiger partial charge on any atom is 0.326 e. The Morgan fingerprint density at radius 1 is 0.892 bits per heavy atom. The summed E-state index contributed by atoms with van der Waals surface area (Å²) in [7, 11) is 0. The molecule has 37 heavy (non-hydrogen) atoms. The molecule has 4 rings (SSSR count). The summed E-state index contributed by atoms with van der Waals surface area (Å²) in [4.78, 5) is 40.7. The molecule has 2 N–H and O–H groups in total. The van der Waals surface area contributed by atoms with Crippen LogP contribution in [-0.2, 0) is 27.2 Å². The first-order valence-electron chi connectivity index (χ1n) is 12.6. The third-order valence-electron chi connectivity index (χ3n) is 6.92. The number of carbonyl (C=O) groups excluding carboxylic acids is 2. The summed E-state index contributed by atoms with van der Waals surface area (Å²) < 4.78 is 0. The van der Waals surface area contributed by atoms with Crippen LogP contribution in [0.1, 0.15) is 35.4 Å². The Hall–Kier alpha value is -3.58. The van der Waals surface area contributed by atoms with Gasteiger partial charge in [-0.3, -0.25) is 9.59 Å². The van der Waals surface area contributed by atoms with Gasteiger partial charge in [-0.2, -0.15) is 12.6 Å². The molecule has 0 saturated carbocycles. The van der Waals surface area contributed by atoms with Crippen molar-refractivity contribution in [1.29, 1.82) is 0 Å². The van der Waals surface area contributed by atoms with Crippen LogP contribution in [0.25, 0.3) is 0 Å². The first-order valence-corrected chi connectivity index (χ1v) is 13.1. The maximum atomic E-state index is 13.8. The second kappa shape index (κ2) is 12.6. The van der Waals surface area contributed by atoms with Gasteiger partial charge in [-0.05, 0) is 41.9 Å². The number of hydrogen-bond donors (Lipinski definition) is 3. The van der Waals surface area contributed by atoms with E-state index in [1.165, 1.54) is 4.90 Å². The summed E-state index contributed by atoms with van der Waals surface area (Å²) in [6.07, 6.45) is 1.62. The van der Waals surface area contributed by atoms with Crippen LogP contribution in [0.3, 0.4) is 0 Å². The second-order valence-corrected chi connectivity index (χ2v) is 10.1. The smallest absolute Gasteiger partial charge is 0.326 e. The molecule has 2 amide bonds. The van der Waals surface area contributed by atoms with Gasteiger partial charge in [0, 0.05) is 13.0 Å². The minimum Gasteiger partial charge on any atom is -0.480 e. The molecule has 6 nitrogen and oxygen atoms in total. The molecule has 0 bridgehead atoms. The summed E-state index contributed by atoms with van der Waals surface area (Å²) in [5, 5.41) is 12.4. The lowest BCUT2D eigenvalue weighted by molar-refractivity contribution is -0.151. The topological polar surface area (TPSA) is 86.7 Å². The third-order valence-corrected chi connectivity index (χ3v) is 7.33. The van der Waals surface area contributed by atoms with Crippen molar-refractivity contribution in [2.24, 2.45) is 0 Å². The Morgan fingerprint density at radius 2 is 1.43 bits per heavy atom. The van der Waals surface area contributed by atoms with E-state index in [9.17, 15) is 19.5 Å².